The van der Waals surface area contributed by atoms with Crippen LogP contribution in [0.4, 0.5) is 0 Å². The van der Waals surface area contributed by atoms with Crippen molar-refractivity contribution in [1.82, 2.24) is 0 Å². The van der Waals surface area contributed by atoms with Gasteiger partial charge in [0.1, 0.15) is 14.2 Å². The molecule has 1 aliphatic heterocycles. The van der Waals surface area contributed by atoms with E-state index in [0.717, 1.165) is 13.0 Å². The van der Waals surface area contributed by atoms with E-state index in [1.807, 2.05) is 0 Å². The average molecular weight is 273 g/mol. The molecule has 3 heteroatoms. The molecule has 0 aliphatic carbocycles. The van der Waals surface area contributed by atoms with E-state index in [1.54, 1.807) is 0 Å². The van der Waals surface area contributed by atoms with E-state index in [-0.39, 0.29) is 11.5 Å². The van der Waals surface area contributed by atoms with Crippen LogP contribution in [0.2, 0.25) is 16.6 Å². The smallest absolute Gasteiger partial charge is 0.178 e. The highest BCUT2D eigenvalue weighted by Crippen LogP contribution is 2.58. The topological polar surface area (TPSA) is 21.8 Å². The van der Waals surface area contributed by atoms with Gasteiger partial charge in [-0.05, 0) is 30.0 Å². The highest BCUT2D eigenvalue weighted by molar-refractivity contribution is 6.86. The molecule has 0 aromatic rings. The summed E-state index contributed by atoms with van der Waals surface area (Å²) in [6.07, 6.45) is 1.35. The summed E-state index contributed by atoms with van der Waals surface area (Å²) in [7, 11) is -1.69. The van der Waals surface area contributed by atoms with Crippen LogP contribution in [-0.2, 0) is 9.47 Å². The van der Waals surface area contributed by atoms with E-state index in [1.165, 1.54) is 0 Å². The number of hydrogen-bond donors (Lipinski definition) is 0. The Labute approximate surface area is 114 Å². The molecule has 18 heavy (non-hydrogen) atoms. The lowest BCUT2D eigenvalue weighted by molar-refractivity contribution is 0.00444. The van der Waals surface area contributed by atoms with Gasteiger partial charge < -0.3 is 9.47 Å². The Bertz CT molecular complexity index is 254. The Kier molecular flexibility index (Phi) is 5.07. The van der Waals surface area contributed by atoms with Crippen molar-refractivity contribution in [2.45, 2.75) is 89.9 Å². The number of rotatable bonds is 7. The highest BCUT2D eigenvalue weighted by Gasteiger charge is 2.72. The molecule has 2 atom stereocenters. The first-order valence-corrected chi connectivity index (χ1v) is 9.82. The maximum absolute atomic E-state index is 6.29. The highest BCUT2D eigenvalue weighted by atomic mass is 28.3. The number of hydrogen-bond acceptors (Lipinski definition) is 2. The normalized spacial score (nSPS) is 28.5. The fourth-order valence-corrected chi connectivity index (χ4v) is 12.3. The Morgan fingerprint density at radius 2 is 1.44 bits per heavy atom. The van der Waals surface area contributed by atoms with Gasteiger partial charge >= 0.3 is 0 Å². The van der Waals surface area contributed by atoms with Gasteiger partial charge in [0.15, 0.2) is 5.41 Å². The molecule has 1 rings (SSSR count). The SMILES string of the molecule is CCCOC1([Si](C(C)C)(C(C)C)C(C)C)OC1C. The summed E-state index contributed by atoms with van der Waals surface area (Å²) in [5.74, 6) is 0. The average Bonchev–Trinajstić information content (AvgIpc) is 2.86. The summed E-state index contributed by atoms with van der Waals surface area (Å²) in [5, 5.41) is 0. The van der Waals surface area contributed by atoms with Crippen molar-refractivity contribution >= 4 is 8.07 Å². The van der Waals surface area contributed by atoms with Gasteiger partial charge in [-0.25, -0.2) is 0 Å². The molecule has 1 fully saturated rings. The Hall–Kier alpha value is 0.137. The number of epoxide rings is 1. The molecule has 1 aliphatic rings. The molecule has 0 bridgehead atoms. The van der Waals surface area contributed by atoms with Gasteiger partial charge in [-0.1, -0.05) is 48.5 Å². The van der Waals surface area contributed by atoms with E-state index in [9.17, 15) is 0 Å². The van der Waals surface area contributed by atoms with Crippen LogP contribution in [0, 0.1) is 0 Å². The summed E-state index contributed by atoms with van der Waals surface area (Å²) >= 11 is 0. The minimum atomic E-state index is -1.69. The fourth-order valence-electron chi connectivity index (χ4n) is 4.42. The first-order valence-electron chi connectivity index (χ1n) is 7.59. The van der Waals surface area contributed by atoms with Gasteiger partial charge in [-0.2, -0.15) is 0 Å². The Morgan fingerprint density at radius 3 is 1.67 bits per heavy atom. The van der Waals surface area contributed by atoms with Gasteiger partial charge in [0.2, 0.25) is 0 Å². The van der Waals surface area contributed by atoms with Crippen molar-refractivity contribution in [2.75, 3.05) is 6.61 Å². The molecule has 0 radical (unpaired) electrons. The van der Waals surface area contributed by atoms with Gasteiger partial charge in [0.05, 0.1) is 0 Å². The molecular weight excluding hydrogens is 240 g/mol. The van der Waals surface area contributed by atoms with Crippen LogP contribution in [-0.4, -0.2) is 26.2 Å². The van der Waals surface area contributed by atoms with E-state index in [4.69, 9.17) is 9.47 Å². The zero-order valence-corrected chi connectivity index (χ0v) is 14.5. The number of ether oxygens (including phenoxy) is 2. The summed E-state index contributed by atoms with van der Waals surface area (Å²) in [5.41, 5.74) is 1.82. The van der Waals surface area contributed by atoms with Crippen LogP contribution in [0.1, 0.15) is 61.8 Å². The molecule has 1 saturated heterocycles. The minimum Gasteiger partial charge on any atom is -0.351 e. The summed E-state index contributed by atoms with van der Waals surface area (Å²) in [6.45, 7) is 19.4. The Balaban J connectivity index is 3.16. The monoisotopic (exact) mass is 272 g/mol. The fraction of sp³-hybridized carbons (Fsp3) is 1.00. The van der Waals surface area contributed by atoms with Crippen LogP contribution in [0.3, 0.4) is 0 Å². The van der Waals surface area contributed by atoms with Crippen molar-refractivity contribution in [3.63, 3.8) is 0 Å². The lowest BCUT2D eigenvalue weighted by Crippen LogP contribution is -2.60. The molecule has 0 aromatic heterocycles. The van der Waals surface area contributed by atoms with E-state index in [2.05, 4.69) is 55.4 Å². The molecule has 0 aromatic carbocycles. The molecule has 1 heterocycles. The van der Waals surface area contributed by atoms with Gasteiger partial charge in [0.25, 0.3) is 0 Å². The summed E-state index contributed by atoms with van der Waals surface area (Å²) < 4.78 is 12.4. The van der Waals surface area contributed by atoms with Crippen LogP contribution >= 0.6 is 0 Å². The third-order valence-electron chi connectivity index (χ3n) is 4.82. The second kappa shape index (κ2) is 5.64. The van der Waals surface area contributed by atoms with Crippen LogP contribution in [0.25, 0.3) is 0 Å². The summed E-state index contributed by atoms with van der Waals surface area (Å²) in [4.78, 5) is 0. The second-order valence-electron chi connectivity index (χ2n) is 6.67. The standard InChI is InChI=1S/C15H32O2Si/c1-9-10-16-15(14(8)17-15)18(11(2)3,12(4)5)13(6)7/h11-14H,9-10H2,1-8H3. The molecule has 108 valence electrons. The van der Waals surface area contributed by atoms with Crippen LogP contribution < -0.4 is 0 Å². The van der Waals surface area contributed by atoms with Crippen LogP contribution in [0.15, 0.2) is 0 Å². The zero-order chi connectivity index (χ0) is 14.1. The van der Waals surface area contributed by atoms with Crippen LogP contribution in [0.5, 0.6) is 0 Å². The lowest BCUT2D eigenvalue weighted by Gasteiger charge is -2.47. The van der Waals surface area contributed by atoms with Crippen molar-refractivity contribution in [1.29, 1.82) is 0 Å². The molecule has 0 saturated carbocycles. The Morgan fingerprint density at radius 1 is 1.06 bits per heavy atom. The second-order valence-corrected chi connectivity index (χ2v) is 12.7. The van der Waals surface area contributed by atoms with Crippen molar-refractivity contribution in [2.24, 2.45) is 0 Å². The summed E-state index contributed by atoms with van der Waals surface area (Å²) in [6, 6.07) is 0. The molecule has 2 nitrogen and oxygen atoms in total. The lowest BCUT2D eigenvalue weighted by atomic mass is 10.5. The molecule has 0 amide bonds. The molecule has 0 N–H and O–H groups in total. The minimum absolute atomic E-state index is 0.223. The van der Waals surface area contributed by atoms with Gasteiger partial charge in [-0.3, -0.25) is 0 Å². The van der Waals surface area contributed by atoms with Gasteiger partial charge in [0, 0.05) is 6.61 Å². The molecule has 2 unspecified atom stereocenters. The largest absolute Gasteiger partial charge is 0.351 e. The quantitative estimate of drug-likeness (QED) is 0.493. The van der Waals surface area contributed by atoms with Gasteiger partial charge in [-0.15, -0.1) is 0 Å². The maximum Gasteiger partial charge on any atom is 0.178 e. The third-order valence-corrected chi connectivity index (χ3v) is 12.4. The van der Waals surface area contributed by atoms with E-state index in [0.29, 0.717) is 16.6 Å². The van der Waals surface area contributed by atoms with Crippen molar-refractivity contribution in [3.8, 4) is 0 Å². The van der Waals surface area contributed by atoms with Crippen molar-refractivity contribution < 1.29 is 9.47 Å². The predicted octanol–water partition coefficient (Wildman–Crippen LogP) is 4.75. The molecular formula is C15H32O2Si. The zero-order valence-electron chi connectivity index (χ0n) is 13.5. The third kappa shape index (κ3) is 2.18. The first-order chi connectivity index (χ1) is 8.27. The maximum atomic E-state index is 6.29. The van der Waals surface area contributed by atoms with Crippen molar-refractivity contribution in [3.05, 3.63) is 0 Å². The first kappa shape index (κ1) is 16.2. The predicted molar refractivity (Wildman–Crippen MR) is 80.6 cm³/mol. The van der Waals surface area contributed by atoms with E-state index < -0.39 is 8.07 Å². The van der Waals surface area contributed by atoms with E-state index >= 15 is 0 Å². The molecule has 0 spiro atoms.